The summed E-state index contributed by atoms with van der Waals surface area (Å²) in [6, 6.07) is 5.66. The quantitative estimate of drug-likeness (QED) is 0.306. The molecule has 2 heterocycles. The van der Waals surface area contributed by atoms with E-state index in [4.69, 9.17) is 19.0 Å². The van der Waals surface area contributed by atoms with Crippen LogP contribution in [0.4, 0.5) is 9.52 Å². The van der Waals surface area contributed by atoms with E-state index in [-0.39, 0.29) is 48.1 Å². The number of carbonyl (C=O) groups is 1. The number of methoxy groups -OCH3 is 2. The molecule has 1 atom stereocenters. The van der Waals surface area contributed by atoms with Gasteiger partial charge in [-0.1, -0.05) is 28.6 Å². The van der Waals surface area contributed by atoms with Crippen molar-refractivity contribution in [2.45, 2.75) is 17.4 Å². The topological polar surface area (TPSA) is 129 Å². The van der Waals surface area contributed by atoms with Crippen LogP contribution in [0.25, 0.3) is 0 Å². The number of aromatic nitrogens is 1. The first-order valence-electron chi connectivity index (χ1n) is 10.7. The third kappa shape index (κ3) is 7.49. The SMILES string of the molecule is COCCN(CCOC)S(=O)(=O)c1ccc(/C(=N\O[C@@H]2CCOC2)C(=O)Nc2ncc(F)s2)cc1. The maximum absolute atomic E-state index is 13.3. The fourth-order valence-electron chi connectivity index (χ4n) is 3.09. The Morgan fingerprint density at radius 2 is 1.94 bits per heavy atom. The first-order chi connectivity index (χ1) is 16.8. The average molecular weight is 531 g/mol. The van der Waals surface area contributed by atoms with Gasteiger partial charge in [0.2, 0.25) is 10.0 Å². The maximum atomic E-state index is 13.3. The normalized spacial score (nSPS) is 16.6. The lowest BCUT2D eigenvalue weighted by Gasteiger charge is -2.21. The number of anilines is 1. The molecule has 35 heavy (non-hydrogen) atoms. The summed E-state index contributed by atoms with van der Waals surface area (Å²) in [7, 11) is -0.869. The molecule has 1 amide bonds. The van der Waals surface area contributed by atoms with Crippen LogP contribution in [-0.4, -0.2) is 89.2 Å². The molecule has 0 saturated carbocycles. The zero-order valence-corrected chi connectivity index (χ0v) is 20.9. The number of sulfonamides is 1. The van der Waals surface area contributed by atoms with Crippen LogP contribution in [0.2, 0.25) is 0 Å². The lowest BCUT2D eigenvalue weighted by atomic mass is 10.1. The Bertz CT molecular complexity index is 1100. The van der Waals surface area contributed by atoms with Crippen molar-refractivity contribution in [2.75, 3.05) is 59.1 Å². The number of amides is 1. The van der Waals surface area contributed by atoms with Gasteiger partial charge in [0, 0.05) is 39.3 Å². The fourth-order valence-corrected chi connectivity index (χ4v) is 5.04. The number of carbonyl (C=O) groups excluding carboxylic acids is 1. The number of nitrogens with zero attached hydrogens (tertiary/aromatic N) is 3. The second-order valence-corrected chi connectivity index (χ2v) is 10.3. The largest absolute Gasteiger partial charge is 0.389 e. The van der Waals surface area contributed by atoms with Crippen LogP contribution in [-0.2, 0) is 33.9 Å². The second-order valence-electron chi connectivity index (χ2n) is 7.37. The second kappa shape index (κ2) is 13.0. The molecule has 192 valence electrons. The summed E-state index contributed by atoms with van der Waals surface area (Å²) in [5, 5.41) is 5.98. The molecule has 0 spiro atoms. The first kappa shape index (κ1) is 27.1. The van der Waals surface area contributed by atoms with Crippen LogP contribution < -0.4 is 5.32 Å². The van der Waals surface area contributed by atoms with Crippen molar-refractivity contribution in [3.8, 4) is 0 Å². The van der Waals surface area contributed by atoms with Gasteiger partial charge in [-0.3, -0.25) is 10.1 Å². The molecule has 1 aromatic heterocycles. The van der Waals surface area contributed by atoms with Crippen LogP contribution >= 0.6 is 11.3 Å². The molecule has 0 radical (unpaired) electrons. The molecule has 11 nitrogen and oxygen atoms in total. The Morgan fingerprint density at radius 3 is 2.49 bits per heavy atom. The molecule has 1 aliphatic heterocycles. The number of rotatable bonds is 13. The lowest BCUT2D eigenvalue weighted by molar-refractivity contribution is -0.110. The van der Waals surface area contributed by atoms with Crippen LogP contribution in [0.1, 0.15) is 12.0 Å². The van der Waals surface area contributed by atoms with Crippen molar-refractivity contribution in [3.05, 3.63) is 41.2 Å². The van der Waals surface area contributed by atoms with E-state index in [1.54, 1.807) is 0 Å². The van der Waals surface area contributed by atoms with Gasteiger partial charge in [0.1, 0.15) is 0 Å². The molecule has 0 unspecified atom stereocenters. The smallest absolute Gasteiger partial charge is 0.280 e. The third-order valence-electron chi connectivity index (χ3n) is 4.95. The number of halogens is 1. The Kier molecular flexibility index (Phi) is 10.1. The van der Waals surface area contributed by atoms with Gasteiger partial charge in [0.15, 0.2) is 22.1 Å². The van der Waals surface area contributed by atoms with Gasteiger partial charge in [-0.25, -0.2) is 13.4 Å². The van der Waals surface area contributed by atoms with Crippen molar-refractivity contribution < 1.29 is 36.7 Å². The van der Waals surface area contributed by atoms with E-state index in [1.165, 1.54) is 42.8 Å². The van der Waals surface area contributed by atoms with Gasteiger partial charge in [0.25, 0.3) is 5.91 Å². The van der Waals surface area contributed by atoms with Crippen LogP contribution in [0.15, 0.2) is 40.5 Å². The molecular formula is C21H27FN4O7S2. The Labute approximate surface area is 206 Å². The van der Waals surface area contributed by atoms with Crippen LogP contribution in [0.3, 0.4) is 0 Å². The van der Waals surface area contributed by atoms with Gasteiger partial charge < -0.3 is 19.0 Å². The van der Waals surface area contributed by atoms with Gasteiger partial charge in [-0.05, 0) is 12.1 Å². The molecule has 0 aliphatic carbocycles. The molecule has 1 saturated heterocycles. The van der Waals surface area contributed by atoms with Crippen LogP contribution in [0.5, 0.6) is 0 Å². The zero-order valence-electron chi connectivity index (χ0n) is 19.3. The van der Waals surface area contributed by atoms with Crippen molar-refractivity contribution >= 4 is 38.1 Å². The molecule has 1 aromatic carbocycles. The summed E-state index contributed by atoms with van der Waals surface area (Å²) in [5.41, 5.74) is 0.185. The van der Waals surface area contributed by atoms with Crippen LogP contribution in [0, 0.1) is 5.13 Å². The fraction of sp³-hybridized carbons (Fsp3) is 0.476. The average Bonchev–Trinajstić information content (AvgIpc) is 3.51. The van der Waals surface area contributed by atoms with E-state index in [0.717, 1.165) is 6.20 Å². The standard InChI is InChI=1S/C21H27FN4O7S2/c1-30-11-8-26(9-12-31-2)35(28,29)17-5-3-15(4-6-17)19(25-33-16-7-10-32-14-16)20(27)24-21-23-13-18(22)34-21/h3-6,13,16H,7-12,14H2,1-2H3,(H,23,24,27)/b25-19+/t16-/m1/s1. The van der Waals surface area contributed by atoms with E-state index in [9.17, 15) is 17.6 Å². The highest BCUT2D eigenvalue weighted by molar-refractivity contribution is 7.89. The number of thiazole rings is 1. The van der Waals surface area contributed by atoms with E-state index in [0.29, 0.717) is 36.5 Å². The maximum Gasteiger partial charge on any atom is 0.280 e. The molecule has 14 heteroatoms. The number of oxime groups is 1. The zero-order chi connectivity index (χ0) is 25.3. The number of hydrogen-bond acceptors (Lipinski definition) is 10. The monoisotopic (exact) mass is 530 g/mol. The van der Waals surface area contributed by atoms with Gasteiger partial charge in [-0.2, -0.15) is 8.70 Å². The van der Waals surface area contributed by atoms with E-state index in [2.05, 4.69) is 15.5 Å². The summed E-state index contributed by atoms with van der Waals surface area (Å²) >= 11 is 0.663. The van der Waals surface area contributed by atoms with Crippen molar-refractivity contribution in [1.29, 1.82) is 0 Å². The highest BCUT2D eigenvalue weighted by Crippen LogP contribution is 2.20. The highest BCUT2D eigenvalue weighted by atomic mass is 32.2. The molecule has 0 bridgehead atoms. The predicted molar refractivity (Wildman–Crippen MR) is 127 cm³/mol. The summed E-state index contributed by atoms with van der Waals surface area (Å²) in [4.78, 5) is 22.2. The third-order valence-corrected chi connectivity index (χ3v) is 7.56. The molecule has 1 N–H and O–H groups in total. The Morgan fingerprint density at radius 1 is 1.26 bits per heavy atom. The summed E-state index contributed by atoms with van der Waals surface area (Å²) < 4.78 is 56.1. The number of benzene rings is 1. The Balaban J connectivity index is 1.84. The van der Waals surface area contributed by atoms with Gasteiger partial charge in [0.05, 0.1) is 37.5 Å². The summed E-state index contributed by atoms with van der Waals surface area (Å²) in [5.74, 6) is -0.685. The molecule has 1 aliphatic rings. The van der Waals surface area contributed by atoms with Crippen molar-refractivity contribution in [1.82, 2.24) is 9.29 Å². The first-order valence-corrected chi connectivity index (χ1v) is 12.9. The van der Waals surface area contributed by atoms with Crippen molar-refractivity contribution in [3.63, 3.8) is 0 Å². The molecule has 2 aromatic rings. The van der Waals surface area contributed by atoms with E-state index >= 15 is 0 Å². The minimum atomic E-state index is -3.84. The predicted octanol–water partition coefficient (Wildman–Crippen LogP) is 1.71. The minimum absolute atomic E-state index is 0.0281. The summed E-state index contributed by atoms with van der Waals surface area (Å²) in [6.45, 7) is 1.61. The number of nitrogens with one attached hydrogen (secondary N) is 1. The van der Waals surface area contributed by atoms with Gasteiger partial charge >= 0.3 is 0 Å². The lowest BCUT2D eigenvalue weighted by Crippen LogP contribution is -2.36. The highest BCUT2D eigenvalue weighted by Gasteiger charge is 2.26. The van der Waals surface area contributed by atoms with Gasteiger partial charge in [-0.15, -0.1) is 0 Å². The van der Waals surface area contributed by atoms with Crippen molar-refractivity contribution in [2.24, 2.45) is 5.16 Å². The number of hydrogen-bond donors (Lipinski definition) is 1. The molecule has 3 rings (SSSR count). The molecular weight excluding hydrogens is 503 g/mol. The summed E-state index contributed by atoms with van der Waals surface area (Å²) in [6.07, 6.45) is 1.29. The van der Waals surface area contributed by atoms with E-state index < -0.39 is 21.1 Å². The minimum Gasteiger partial charge on any atom is -0.389 e. The number of ether oxygens (including phenoxy) is 3. The Hall–Kier alpha value is -2.49. The molecule has 1 fully saturated rings. The van der Waals surface area contributed by atoms with E-state index in [1.807, 2.05) is 0 Å².